The first-order valence-electron chi connectivity index (χ1n) is 9.44. The van der Waals surface area contributed by atoms with Gasteiger partial charge >= 0.3 is 0 Å². The highest BCUT2D eigenvalue weighted by Gasteiger charge is 2.36. The van der Waals surface area contributed by atoms with E-state index in [4.69, 9.17) is 15.3 Å². The standard InChI is InChI=1S/C17H31N5O9/c1-11(25)20-13(7-19-22-15(27)6-4-3-5-14(26)21-18)12(8-30-9-23)16(29-2)17(28)31-10-24/h9-10,12-13,16-17,19,28H,3-8,18H2,1-2H3,(H,20,25)(H,21,26)(H,22,27)/t12-,13?,16+,17?/m1/s1. The minimum Gasteiger partial charge on any atom is -0.467 e. The van der Waals surface area contributed by atoms with E-state index < -0.39 is 30.3 Å². The number of ether oxygens (including phenoxy) is 3. The quantitative estimate of drug-likeness (QED) is 0.0309. The lowest BCUT2D eigenvalue weighted by Gasteiger charge is -2.34. The van der Waals surface area contributed by atoms with Crippen molar-refractivity contribution in [1.82, 2.24) is 21.6 Å². The van der Waals surface area contributed by atoms with Crippen molar-refractivity contribution >= 4 is 30.7 Å². The van der Waals surface area contributed by atoms with Gasteiger partial charge in [-0.1, -0.05) is 0 Å². The van der Waals surface area contributed by atoms with E-state index in [2.05, 4.69) is 20.9 Å². The van der Waals surface area contributed by atoms with E-state index in [0.717, 1.165) is 0 Å². The summed E-state index contributed by atoms with van der Waals surface area (Å²) in [6, 6.07) is -0.805. The highest BCUT2D eigenvalue weighted by atomic mass is 16.6. The van der Waals surface area contributed by atoms with E-state index in [0.29, 0.717) is 12.8 Å². The molecule has 0 spiro atoms. The van der Waals surface area contributed by atoms with Gasteiger partial charge in [0.05, 0.1) is 12.6 Å². The zero-order valence-electron chi connectivity index (χ0n) is 17.5. The van der Waals surface area contributed by atoms with Gasteiger partial charge in [0.1, 0.15) is 6.10 Å². The summed E-state index contributed by atoms with van der Waals surface area (Å²) in [7, 11) is 1.24. The van der Waals surface area contributed by atoms with Crippen LogP contribution in [0.5, 0.6) is 0 Å². The summed E-state index contributed by atoms with van der Waals surface area (Å²) in [5.74, 6) is 2.99. The lowest BCUT2D eigenvalue weighted by molar-refractivity contribution is -0.192. The zero-order chi connectivity index (χ0) is 23.6. The highest BCUT2D eigenvalue weighted by Crippen LogP contribution is 2.17. The molecule has 0 saturated carbocycles. The SMILES string of the molecule is CO[C@H](C(O)OC=O)[C@H](COC=O)C(CNNC(=O)CCCCC(=O)NN)NC(C)=O. The minimum atomic E-state index is -1.70. The first-order valence-corrected chi connectivity index (χ1v) is 9.44. The smallest absolute Gasteiger partial charge is 0.295 e. The van der Waals surface area contributed by atoms with Crippen LogP contribution in [-0.2, 0) is 38.2 Å². The molecular formula is C17H31N5O9. The predicted octanol–water partition coefficient (Wildman–Crippen LogP) is -3.04. The fourth-order valence-electron chi connectivity index (χ4n) is 2.76. The van der Waals surface area contributed by atoms with Gasteiger partial charge in [0.15, 0.2) is 0 Å². The Labute approximate surface area is 179 Å². The van der Waals surface area contributed by atoms with Gasteiger partial charge in [-0.05, 0) is 12.8 Å². The largest absolute Gasteiger partial charge is 0.467 e. The minimum absolute atomic E-state index is 0.0252. The Bertz CT molecular complexity index is 578. The normalized spacial score (nSPS) is 14.3. The number of hydrogen-bond acceptors (Lipinski definition) is 11. The van der Waals surface area contributed by atoms with Crippen LogP contribution in [0.2, 0.25) is 0 Å². The van der Waals surface area contributed by atoms with Crippen molar-refractivity contribution in [2.45, 2.75) is 51.0 Å². The van der Waals surface area contributed by atoms with Crippen LogP contribution < -0.4 is 27.4 Å². The van der Waals surface area contributed by atoms with Crippen molar-refractivity contribution in [1.29, 1.82) is 0 Å². The van der Waals surface area contributed by atoms with Crippen LogP contribution in [0.15, 0.2) is 0 Å². The number of carbonyl (C=O) groups excluding carboxylic acids is 5. The van der Waals surface area contributed by atoms with Gasteiger partial charge < -0.3 is 24.6 Å². The topological polar surface area (TPSA) is 207 Å². The number of methoxy groups -OCH3 is 1. The summed E-state index contributed by atoms with van der Waals surface area (Å²) in [6.45, 7) is 1.13. The number of aliphatic hydroxyl groups is 1. The maximum Gasteiger partial charge on any atom is 0.295 e. The molecule has 0 fully saturated rings. The fourth-order valence-corrected chi connectivity index (χ4v) is 2.76. The number of rotatable bonds is 18. The number of amides is 3. The second-order valence-corrected chi connectivity index (χ2v) is 6.43. The Morgan fingerprint density at radius 3 is 2.26 bits per heavy atom. The van der Waals surface area contributed by atoms with Gasteiger partial charge in [-0.15, -0.1) is 0 Å². The molecule has 0 aliphatic heterocycles. The first-order chi connectivity index (χ1) is 14.8. The second kappa shape index (κ2) is 16.9. The summed E-state index contributed by atoms with van der Waals surface area (Å²) in [5, 5.41) is 12.6. The molecule has 0 aromatic rings. The van der Waals surface area contributed by atoms with E-state index in [-0.39, 0.29) is 50.8 Å². The molecule has 0 rings (SSSR count). The van der Waals surface area contributed by atoms with Crippen LogP contribution in [0.3, 0.4) is 0 Å². The molecule has 14 nitrogen and oxygen atoms in total. The van der Waals surface area contributed by atoms with Crippen LogP contribution in [0.25, 0.3) is 0 Å². The zero-order valence-corrected chi connectivity index (χ0v) is 17.5. The van der Waals surface area contributed by atoms with E-state index in [1.807, 2.05) is 5.43 Å². The van der Waals surface area contributed by atoms with Crippen LogP contribution in [0, 0.1) is 5.92 Å². The van der Waals surface area contributed by atoms with E-state index >= 15 is 0 Å². The van der Waals surface area contributed by atoms with E-state index in [9.17, 15) is 29.1 Å². The van der Waals surface area contributed by atoms with Crippen molar-refractivity contribution in [3.63, 3.8) is 0 Å². The maximum atomic E-state index is 11.9. The fraction of sp³-hybridized carbons (Fsp3) is 0.706. The Hall–Kier alpha value is -2.81. The number of aliphatic hydroxyl groups excluding tert-OH is 1. The van der Waals surface area contributed by atoms with Gasteiger partial charge in [-0.25, -0.2) is 11.3 Å². The molecule has 0 aliphatic carbocycles. The van der Waals surface area contributed by atoms with Gasteiger partial charge in [-0.3, -0.25) is 34.8 Å². The molecule has 14 heteroatoms. The molecule has 31 heavy (non-hydrogen) atoms. The van der Waals surface area contributed by atoms with Crippen molar-refractivity contribution in [2.75, 3.05) is 20.3 Å². The predicted molar refractivity (Wildman–Crippen MR) is 104 cm³/mol. The van der Waals surface area contributed by atoms with Crippen molar-refractivity contribution in [3.8, 4) is 0 Å². The lowest BCUT2D eigenvalue weighted by atomic mass is 9.93. The molecule has 0 aliphatic rings. The number of hydrogen-bond donors (Lipinski definition) is 6. The van der Waals surface area contributed by atoms with Gasteiger partial charge in [0.25, 0.3) is 12.9 Å². The first kappa shape index (κ1) is 28.2. The Morgan fingerprint density at radius 1 is 1.10 bits per heavy atom. The number of carbonyl (C=O) groups is 5. The molecule has 0 aromatic heterocycles. The molecular weight excluding hydrogens is 418 g/mol. The average Bonchev–Trinajstić information content (AvgIpc) is 2.73. The van der Waals surface area contributed by atoms with Crippen LogP contribution in [0.1, 0.15) is 32.6 Å². The number of unbranched alkanes of at least 4 members (excludes halogenated alkanes) is 1. The van der Waals surface area contributed by atoms with Crippen LogP contribution >= 0.6 is 0 Å². The molecule has 4 atom stereocenters. The summed E-state index contributed by atoms with van der Waals surface area (Å²) in [4.78, 5) is 55.7. The van der Waals surface area contributed by atoms with Crippen LogP contribution in [0.4, 0.5) is 0 Å². The molecule has 7 N–H and O–H groups in total. The highest BCUT2D eigenvalue weighted by molar-refractivity contribution is 5.76. The Kier molecular flexibility index (Phi) is 15.4. The van der Waals surface area contributed by atoms with Crippen LogP contribution in [-0.4, -0.2) is 74.5 Å². The van der Waals surface area contributed by atoms with Gasteiger partial charge in [0.2, 0.25) is 24.0 Å². The van der Waals surface area contributed by atoms with Gasteiger partial charge in [0, 0.05) is 39.3 Å². The number of nitrogens with one attached hydrogen (secondary N) is 4. The Morgan fingerprint density at radius 2 is 1.74 bits per heavy atom. The van der Waals surface area contributed by atoms with Crippen molar-refractivity contribution in [3.05, 3.63) is 0 Å². The molecule has 0 bridgehead atoms. The third-order valence-corrected chi connectivity index (χ3v) is 4.20. The number of nitrogens with two attached hydrogens (primary N) is 1. The average molecular weight is 449 g/mol. The number of hydrazine groups is 2. The molecule has 0 saturated heterocycles. The molecule has 0 heterocycles. The summed E-state index contributed by atoms with van der Waals surface area (Å²) in [5.41, 5.74) is 7.09. The second-order valence-electron chi connectivity index (χ2n) is 6.43. The molecule has 3 amide bonds. The third kappa shape index (κ3) is 12.5. The molecule has 0 aromatic carbocycles. The molecule has 0 radical (unpaired) electrons. The van der Waals surface area contributed by atoms with Crippen molar-refractivity contribution in [2.24, 2.45) is 11.8 Å². The maximum absolute atomic E-state index is 11.9. The van der Waals surface area contributed by atoms with E-state index in [1.165, 1.54) is 14.0 Å². The summed E-state index contributed by atoms with van der Waals surface area (Å²) < 4.78 is 14.4. The molecule has 2 unspecified atom stereocenters. The lowest BCUT2D eigenvalue weighted by Crippen LogP contribution is -2.56. The summed E-state index contributed by atoms with van der Waals surface area (Å²) >= 11 is 0. The Balaban J connectivity index is 4.94. The van der Waals surface area contributed by atoms with Crippen molar-refractivity contribution < 1.29 is 43.3 Å². The van der Waals surface area contributed by atoms with E-state index in [1.54, 1.807) is 0 Å². The van der Waals surface area contributed by atoms with Gasteiger partial charge in [-0.2, -0.15) is 0 Å². The third-order valence-electron chi connectivity index (χ3n) is 4.20. The summed E-state index contributed by atoms with van der Waals surface area (Å²) in [6.07, 6.45) is -1.59. The monoisotopic (exact) mass is 449 g/mol. The molecule has 178 valence electrons.